The first-order chi connectivity index (χ1) is 8.63. The Morgan fingerprint density at radius 3 is 2.78 bits per heavy atom. The zero-order valence-electron chi connectivity index (χ0n) is 10.5. The molecule has 1 aromatic rings. The zero-order valence-corrected chi connectivity index (χ0v) is 10.5. The van der Waals surface area contributed by atoms with E-state index in [2.05, 4.69) is 15.5 Å². The van der Waals surface area contributed by atoms with Crippen LogP contribution in [0.3, 0.4) is 0 Å². The van der Waals surface area contributed by atoms with E-state index in [1.807, 2.05) is 0 Å². The third-order valence-electron chi connectivity index (χ3n) is 2.90. The van der Waals surface area contributed by atoms with Gasteiger partial charge in [-0.3, -0.25) is 9.69 Å². The number of nitrogens with zero attached hydrogens (tertiary/aromatic N) is 1. The van der Waals surface area contributed by atoms with E-state index in [-0.39, 0.29) is 11.7 Å². The van der Waals surface area contributed by atoms with Gasteiger partial charge in [0.1, 0.15) is 5.82 Å². The Morgan fingerprint density at radius 2 is 2.11 bits per heavy atom. The van der Waals surface area contributed by atoms with E-state index in [0.717, 1.165) is 31.7 Å². The van der Waals surface area contributed by atoms with Gasteiger partial charge in [0.05, 0.1) is 6.54 Å². The average molecular weight is 251 g/mol. The van der Waals surface area contributed by atoms with Crippen molar-refractivity contribution in [2.75, 3.05) is 38.0 Å². The van der Waals surface area contributed by atoms with Gasteiger partial charge in [-0.1, -0.05) is 0 Å². The summed E-state index contributed by atoms with van der Waals surface area (Å²) in [6.45, 7) is 5.72. The number of carbonyl (C=O) groups is 1. The molecule has 1 heterocycles. The van der Waals surface area contributed by atoms with Crippen molar-refractivity contribution >= 4 is 11.6 Å². The Balaban J connectivity index is 1.89. The summed E-state index contributed by atoms with van der Waals surface area (Å²) in [5.41, 5.74) is 1.32. The van der Waals surface area contributed by atoms with Crippen molar-refractivity contribution in [3.05, 3.63) is 29.6 Å². The fourth-order valence-electron chi connectivity index (χ4n) is 2.08. The number of carbonyl (C=O) groups excluding carboxylic acids is 1. The Bertz CT molecular complexity index is 410. The van der Waals surface area contributed by atoms with Crippen LogP contribution in [-0.4, -0.2) is 43.5 Å². The van der Waals surface area contributed by atoms with Crippen LogP contribution in [0.15, 0.2) is 18.2 Å². The lowest BCUT2D eigenvalue weighted by Gasteiger charge is -2.26. The second-order valence-electron chi connectivity index (χ2n) is 4.59. The number of halogens is 1. The van der Waals surface area contributed by atoms with Crippen LogP contribution in [0, 0.1) is 12.7 Å². The van der Waals surface area contributed by atoms with Crippen LogP contribution in [0.1, 0.15) is 5.56 Å². The molecular weight excluding hydrogens is 233 g/mol. The summed E-state index contributed by atoms with van der Waals surface area (Å²) in [6.07, 6.45) is 0. The van der Waals surface area contributed by atoms with Crippen LogP contribution in [0.5, 0.6) is 0 Å². The Hall–Kier alpha value is -1.46. The largest absolute Gasteiger partial charge is 0.325 e. The van der Waals surface area contributed by atoms with Crippen LogP contribution < -0.4 is 10.6 Å². The van der Waals surface area contributed by atoms with Crippen molar-refractivity contribution in [1.29, 1.82) is 0 Å². The van der Waals surface area contributed by atoms with Crippen LogP contribution in [0.25, 0.3) is 0 Å². The molecular formula is C13H18FN3O. The number of aryl methyl sites for hydroxylation is 1. The van der Waals surface area contributed by atoms with Crippen molar-refractivity contribution in [2.45, 2.75) is 6.92 Å². The van der Waals surface area contributed by atoms with Crippen molar-refractivity contribution < 1.29 is 9.18 Å². The van der Waals surface area contributed by atoms with Gasteiger partial charge in [0, 0.05) is 31.9 Å². The maximum atomic E-state index is 13.2. The number of hydrogen-bond acceptors (Lipinski definition) is 3. The molecule has 98 valence electrons. The number of nitrogens with one attached hydrogen (secondary N) is 2. The van der Waals surface area contributed by atoms with Crippen molar-refractivity contribution in [2.24, 2.45) is 0 Å². The first kappa shape index (κ1) is 13.0. The first-order valence-electron chi connectivity index (χ1n) is 6.13. The van der Waals surface area contributed by atoms with Gasteiger partial charge in [-0.2, -0.15) is 0 Å². The van der Waals surface area contributed by atoms with Gasteiger partial charge in [0.2, 0.25) is 5.91 Å². The summed E-state index contributed by atoms with van der Waals surface area (Å²) < 4.78 is 13.2. The van der Waals surface area contributed by atoms with E-state index < -0.39 is 0 Å². The number of hydrogen-bond donors (Lipinski definition) is 2. The van der Waals surface area contributed by atoms with Crippen LogP contribution in [0.2, 0.25) is 0 Å². The third kappa shape index (κ3) is 3.78. The summed E-state index contributed by atoms with van der Waals surface area (Å²) in [6, 6.07) is 4.54. The maximum Gasteiger partial charge on any atom is 0.238 e. The molecule has 0 bridgehead atoms. The van der Waals surface area contributed by atoms with Crippen LogP contribution in [-0.2, 0) is 4.79 Å². The van der Waals surface area contributed by atoms with E-state index in [9.17, 15) is 9.18 Å². The molecule has 0 spiro atoms. The third-order valence-corrected chi connectivity index (χ3v) is 2.90. The van der Waals surface area contributed by atoms with E-state index >= 15 is 0 Å². The molecule has 1 aliphatic rings. The standard InChI is InChI=1S/C13H18FN3O/c1-10-6-11(14)8-12(7-10)16-13(18)9-17-4-2-15-3-5-17/h6-8,15H,2-5,9H2,1H3,(H,16,18). The lowest BCUT2D eigenvalue weighted by atomic mass is 10.2. The lowest BCUT2D eigenvalue weighted by Crippen LogP contribution is -2.46. The van der Waals surface area contributed by atoms with E-state index in [4.69, 9.17) is 0 Å². The summed E-state index contributed by atoms with van der Waals surface area (Å²) in [5.74, 6) is -0.422. The van der Waals surface area contributed by atoms with Gasteiger partial charge in [0.15, 0.2) is 0 Å². The van der Waals surface area contributed by atoms with Crippen molar-refractivity contribution in [3.8, 4) is 0 Å². The van der Waals surface area contributed by atoms with E-state index in [1.54, 1.807) is 13.0 Å². The van der Waals surface area contributed by atoms with Gasteiger partial charge >= 0.3 is 0 Å². The molecule has 5 heteroatoms. The number of amides is 1. The molecule has 18 heavy (non-hydrogen) atoms. The SMILES string of the molecule is Cc1cc(F)cc(NC(=O)CN2CCNCC2)c1. The molecule has 0 unspecified atom stereocenters. The first-order valence-corrected chi connectivity index (χ1v) is 6.13. The minimum atomic E-state index is -0.326. The molecule has 1 saturated heterocycles. The van der Waals surface area contributed by atoms with Gasteiger partial charge in [-0.15, -0.1) is 0 Å². The summed E-state index contributed by atoms with van der Waals surface area (Å²) in [4.78, 5) is 13.9. The molecule has 0 aromatic heterocycles. The molecule has 1 aliphatic heterocycles. The zero-order chi connectivity index (χ0) is 13.0. The highest BCUT2D eigenvalue weighted by atomic mass is 19.1. The normalized spacial score (nSPS) is 16.6. The fourth-order valence-corrected chi connectivity index (χ4v) is 2.08. The van der Waals surface area contributed by atoms with Gasteiger partial charge in [-0.25, -0.2) is 4.39 Å². The van der Waals surface area contributed by atoms with Crippen LogP contribution in [0.4, 0.5) is 10.1 Å². The van der Waals surface area contributed by atoms with Gasteiger partial charge in [0.25, 0.3) is 0 Å². The van der Waals surface area contributed by atoms with E-state index in [0.29, 0.717) is 12.2 Å². The molecule has 1 aromatic carbocycles. The summed E-state index contributed by atoms with van der Waals surface area (Å²) >= 11 is 0. The van der Waals surface area contributed by atoms with Gasteiger partial charge in [-0.05, 0) is 30.7 Å². The maximum absolute atomic E-state index is 13.2. The smallest absolute Gasteiger partial charge is 0.238 e. The van der Waals surface area contributed by atoms with Crippen LogP contribution >= 0.6 is 0 Å². The molecule has 4 nitrogen and oxygen atoms in total. The predicted octanol–water partition coefficient (Wildman–Crippen LogP) is 0.978. The Kier molecular flexibility index (Phi) is 4.28. The molecule has 2 rings (SSSR count). The monoisotopic (exact) mass is 251 g/mol. The lowest BCUT2D eigenvalue weighted by molar-refractivity contribution is -0.117. The number of rotatable bonds is 3. The highest BCUT2D eigenvalue weighted by Gasteiger charge is 2.13. The second-order valence-corrected chi connectivity index (χ2v) is 4.59. The van der Waals surface area contributed by atoms with Crippen molar-refractivity contribution in [1.82, 2.24) is 10.2 Å². The number of anilines is 1. The average Bonchev–Trinajstić information content (AvgIpc) is 2.28. The van der Waals surface area contributed by atoms with Gasteiger partial charge < -0.3 is 10.6 Å². The van der Waals surface area contributed by atoms with E-state index in [1.165, 1.54) is 12.1 Å². The molecule has 2 N–H and O–H groups in total. The van der Waals surface area contributed by atoms with Crippen molar-refractivity contribution in [3.63, 3.8) is 0 Å². The molecule has 0 saturated carbocycles. The topological polar surface area (TPSA) is 44.4 Å². The Morgan fingerprint density at radius 1 is 1.39 bits per heavy atom. The summed E-state index contributed by atoms with van der Waals surface area (Å²) in [5, 5.41) is 5.96. The highest BCUT2D eigenvalue weighted by Crippen LogP contribution is 2.13. The molecule has 0 radical (unpaired) electrons. The minimum Gasteiger partial charge on any atom is -0.325 e. The number of benzene rings is 1. The second kappa shape index (κ2) is 5.93. The quantitative estimate of drug-likeness (QED) is 0.841. The Labute approximate surface area is 106 Å². The number of piperazine rings is 1. The highest BCUT2D eigenvalue weighted by molar-refractivity contribution is 5.92. The molecule has 0 atom stereocenters. The molecule has 0 aliphatic carbocycles. The molecule has 1 amide bonds. The fraction of sp³-hybridized carbons (Fsp3) is 0.462. The molecule has 1 fully saturated rings. The predicted molar refractivity (Wildman–Crippen MR) is 69.1 cm³/mol. The summed E-state index contributed by atoms with van der Waals surface area (Å²) in [7, 11) is 0. The minimum absolute atomic E-state index is 0.0955.